The minimum Gasteiger partial charge on any atom is -0.369 e. The first-order chi connectivity index (χ1) is 17.4. The molecule has 0 aliphatic carbocycles. The van der Waals surface area contributed by atoms with Crippen molar-refractivity contribution in [3.05, 3.63) is 99.1 Å². The number of pyridine rings is 3. The van der Waals surface area contributed by atoms with Crippen molar-refractivity contribution in [1.29, 1.82) is 0 Å². The van der Waals surface area contributed by atoms with Crippen LogP contribution in [-0.4, -0.2) is 38.6 Å². The molecule has 3 aromatic heterocycles. The molecule has 0 saturated carbocycles. The number of aryl methyl sites for hydroxylation is 2. The zero-order valence-electron chi connectivity index (χ0n) is 20.5. The lowest BCUT2D eigenvalue weighted by atomic mass is 10.0. The van der Waals surface area contributed by atoms with Gasteiger partial charge in [-0.2, -0.15) is 0 Å². The predicted molar refractivity (Wildman–Crippen MR) is 142 cm³/mol. The lowest BCUT2D eigenvalue weighted by Gasteiger charge is -2.40. The second-order valence-corrected chi connectivity index (χ2v) is 9.95. The van der Waals surface area contributed by atoms with Crippen molar-refractivity contribution < 1.29 is 4.39 Å². The minimum atomic E-state index is -0.582. The van der Waals surface area contributed by atoms with Gasteiger partial charge in [-0.05, 0) is 61.7 Å². The predicted octanol–water partition coefficient (Wildman–Crippen LogP) is 5.10. The zero-order chi connectivity index (χ0) is 25.2. The quantitative estimate of drug-likeness (QED) is 0.365. The fourth-order valence-electron chi connectivity index (χ4n) is 5.16. The first kappa shape index (κ1) is 24.4. The van der Waals surface area contributed by atoms with Gasteiger partial charge in [-0.3, -0.25) is 19.7 Å². The molecule has 8 heteroatoms. The Balaban J connectivity index is 1.50. The van der Waals surface area contributed by atoms with Gasteiger partial charge in [0.1, 0.15) is 5.82 Å². The smallest absolute Gasteiger partial charge is 0.193 e. The van der Waals surface area contributed by atoms with Crippen LogP contribution in [0.3, 0.4) is 0 Å². The normalized spacial score (nSPS) is 16.1. The van der Waals surface area contributed by atoms with E-state index in [1.807, 2.05) is 49.3 Å². The molecule has 1 fully saturated rings. The molecule has 186 valence electrons. The molecule has 0 bridgehead atoms. The highest BCUT2D eigenvalue weighted by Crippen LogP contribution is 2.26. The third-order valence-corrected chi connectivity index (χ3v) is 7.24. The molecule has 1 aliphatic heterocycles. The summed E-state index contributed by atoms with van der Waals surface area (Å²) in [5.41, 5.74) is 4.31. The van der Waals surface area contributed by atoms with Crippen molar-refractivity contribution in [1.82, 2.24) is 19.4 Å². The number of hydrogen-bond donors (Lipinski definition) is 0. The lowest BCUT2D eigenvalue weighted by molar-refractivity contribution is 0.158. The van der Waals surface area contributed by atoms with Crippen LogP contribution in [0.5, 0.6) is 0 Å². The van der Waals surface area contributed by atoms with Gasteiger partial charge in [0.2, 0.25) is 0 Å². The van der Waals surface area contributed by atoms with E-state index in [1.54, 1.807) is 6.20 Å². The highest BCUT2D eigenvalue weighted by molar-refractivity contribution is 6.31. The topological polar surface area (TPSA) is 54.3 Å². The summed E-state index contributed by atoms with van der Waals surface area (Å²) < 4.78 is 16.1. The van der Waals surface area contributed by atoms with Gasteiger partial charge >= 0.3 is 0 Å². The fraction of sp³-hybridized carbons (Fsp3) is 0.321. The number of hydrogen-bond acceptors (Lipinski definition) is 5. The number of nitrogens with zero attached hydrogens (tertiary/aromatic N) is 5. The molecule has 36 heavy (non-hydrogen) atoms. The number of aromatic nitrogens is 3. The molecule has 1 saturated heterocycles. The van der Waals surface area contributed by atoms with Crippen molar-refractivity contribution in [2.75, 3.05) is 18.0 Å². The van der Waals surface area contributed by atoms with Gasteiger partial charge in [0.25, 0.3) is 0 Å². The van der Waals surface area contributed by atoms with Crippen LogP contribution < -0.4 is 10.3 Å². The minimum absolute atomic E-state index is 0.0117. The number of fused-ring (bicyclic) bond motifs is 1. The van der Waals surface area contributed by atoms with Gasteiger partial charge in [0, 0.05) is 74.5 Å². The molecule has 0 amide bonds. The summed E-state index contributed by atoms with van der Waals surface area (Å²) in [5.74, 6) is -0.582. The second kappa shape index (κ2) is 10.4. The van der Waals surface area contributed by atoms with Crippen LogP contribution in [0.25, 0.3) is 10.9 Å². The summed E-state index contributed by atoms with van der Waals surface area (Å²) in [4.78, 5) is 26.8. The van der Waals surface area contributed by atoms with Gasteiger partial charge in [-0.25, -0.2) is 4.39 Å². The van der Waals surface area contributed by atoms with E-state index in [9.17, 15) is 9.18 Å². The van der Waals surface area contributed by atoms with Crippen molar-refractivity contribution in [2.24, 2.45) is 7.05 Å². The standard InChI is InChI=1S/C28H29ClFN5O/c1-19-11-20(7-9-32-19)15-35(23-6-4-10-34(18-23)22-5-3-8-31-14-22)17-21-16-33(2)27-13-25(29)26(30)12-24(27)28(21)36/h3,5,7-9,11-14,16,23H,4,6,10,15,17-18H2,1-2H3. The third kappa shape index (κ3) is 5.13. The summed E-state index contributed by atoms with van der Waals surface area (Å²) in [6.07, 6.45) is 9.44. The van der Waals surface area contributed by atoms with E-state index in [4.69, 9.17) is 11.6 Å². The van der Waals surface area contributed by atoms with E-state index in [-0.39, 0.29) is 16.5 Å². The first-order valence-corrected chi connectivity index (χ1v) is 12.5. The highest BCUT2D eigenvalue weighted by Gasteiger charge is 2.27. The maximum absolute atomic E-state index is 14.3. The van der Waals surface area contributed by atoms with Crippen LogP contribution in [0.4, 0.5) is 10.1 Å². The largest absolute Gasteiger partial charge is 0.369 e. The Kier molecular flexibility index (Phi) is 7.03. The number of piperidine rings is 1. The first-order valence-electron chi connectivity index (χ1n) is 12.2. The molecular formula is C28H29ClFN5O. The number of benzene rings is 1. The Bertz CT molecular complexity index is 1440. The highest BCUT2D eigenvalue weighted by atomic mass is 35.5. The Hall–Kier alpha value is -3.29. The summed E-state index contributed by atoms with van der Waals surface area (Å²) in [6.45, 7) is 4.94. The number of halogens is 2. The Labute approximate surface area is 215 Å². The molecule has 0 radical (unpaired) electrons. The molecule has 1 aromatic carbocycles. The van der Waals surface area contributed by atoms with Crippen LogP contribution >= 0.6 is 11.6 Å². The average Bonchev–Trinajstić information content (AvgIpc) is 2.88. The van der Waals surface area contributed by atoms with Crippen molar-refractivity contribution in [3.63, 3.8) is 0 Å². The van der Waals surface area contributed by atoms with Crippen molar-refractivity contribution >= 4 is 28.2 Å². The summed E-state index contributed by atoms with van der Waals surface area (Å²) in [6, 6.07) is 11.2. The van der Waals surface area contributed by atoms with Gasteiger partial charge in [-0.15, -0.1) is 0 Å². The van der Waals surface area contributed by atoms with Crippen LogP contribution in [0.15, 0.2) is 66.0 Å². The molecule has 0 N–H and O–H groups in total. The van der Waals surface area contributed by atoms with E-state index in [2.05, 4.69) is 31.9 Å². The second-order valence-electron chi connectivity index (χ2n) is 9.54. The monoisotopic (exact) mass is 505 g/mol. The fourth-order valence-corrected chi connectivity index (χ4v) is 5.31. The number of anilines is 1. The van der Waals surface area contributed by atoms with Gasteiger partial charge in [-0.1, -0.05) is 11.6 Å². The van der Waals surface area contributed by atoms with Crippen LogP contribution in [-0.2, 0) is 20.1 Å². The molecule has 4 aromatic rings. The number of rotatable bonds is 6. The van der Waals surface area contributed by atoms with E-state index in [1.165, 1.54) is 12.1 Å². The Morgan fingerprint density at radius 2 is 2.06 bits per heavy atom. The summed E-state index contributed by atoms with van der Waals surface area (Å²) in [7, 11) is 1.86. The van der Waals surface area contributed by atoms with Crippen LogP contribution in [0.1, 0.15) is 29.7 Å². The van der Waals surface area contributed by atoms with Crippen molar-refractivity contribution in [2.45, 2.75) is 38.9 Å². The molecule has 5 rings (SSSR count). The van der Waals surface area contributed by atoms with Crippen molar-refractivity contribution in [3.8, 4) is 0 Å². The van der Waals surface area contributed by atoms with E-state index in [0.29, 0.717) is 29.6 Å². The maximum Gasteiger partial charge on any atom is 0.193 e. The third-order valence-electron chi connectivity index (χ3n) is 6.95. The van der Waals surface area contributed by atoms with E-state index >= 15 is 0 Å². The average molecular weight is 506 g/mol. The molecule has 6 nitrogen and oxygen atoms in total. The van der Waals surface area contributed by atoms with Gasteiger partial charge in [0.15, 0.2) is 5.43 Å². The molecule has 1 unspecified atom stereocenters. The molecule has 1 atom stereocenters. The molecule has 4 heterocycles. The molecular weight excluding hydrogens is 477 g/mol. The molecule has 0 spiro atoms. The Morgan fingerprint density at radius 1 is 1.19 bits per heavy atom. The molecule has 1 aliphatic rings. The zero-order valence-corrected chi connectivity index (χ0v) is 21.2. The van der Waals surface area contributed by atoms with Gasteiger partial charge < -0.3 is 9.47 Å². The lowest BCUT2D eigenvalue weighted by Crippen LogP contribution is -2.48. The van der Waals surface area contributed by atoms with E-state index < -0.39 is 5.82 Å². The summed E-state index contributed by atoms with van der Waals surface area (Å²) in [5, 5.41) is 0.356. The SMILES string of the molecule is Cc1cc(CN(Cc2cn(C)c3cc(Cl)c(F)cc3c2=O)C2CCCN(c3cccnc3)C2)ccn1. The maximum atomic E-state index is 14.3. The van der Waals surface area contributed by atoms with Gasteiger partial charge in [0.05, 0.1) is 22.4 Å². The Morgan fingerprint density at radius 3 is 2.83 bits per heavy atom. The van der Waals surface area contributed by atoms with E-state index in [0.717, 1.165) is 42.9 Å². The summed E-state index contributed by atoms with van der Waals surface area (Å²) >= 11 is 5.99. The van der Waals surface area contributed by atoms with Crippen LogP contribution in [0, 0.1) is 12.7 Å². The van der Waals surface area contributed by atoms with Crippen LogP contribution in [0.2, 0.25) is 5.02 Å².